The van der Waals surface area contributed by atoms with Gasteiger partial charge in [0, 0.05) is 38.1 Å². The summed E-state index contributed by atoms with van der Waals surface area (Å²) >= 11 is 0. The minimum Gasteiger partial charge on any atom is -0.385 e. The number of fused-ring (bicyclic) bond motifs is 1. The normalized spacial score (nSPS) is 15.2. The van der Waals surface area contributed by atoms with Crippen molar-refractivity contribution in [3.05, 3.63) is 36.2 Å². The van der Waals surface area contributed by atoms with Crippen molar-refractivity contribution in [2.45, 2.75) is 26.6 Å². The lowest BCUT2D eigenvalue weighted by molar-refractivity contribution is 0.206. The summed E-state index contributed by atoms with van der Waals surface area (Å²) in [5.41, 5.74) is 2.22. The Morgan fingerprint density at radius 2 is 2.32 bits per heavy atom. The van der Waals surface area contributed by atoms with Gasteiger partial charge in [-0.3, -0.25) is 9.88 Å². The molecule has 2 aromatic rings. The second-order valence-electron chi connectivity index (χ2n) is 4.72. The molecule has 0 bridgehead atoms. The van der Waals surface area contributed by atoms with Crippen LogP contribution in [0.3, 0.4) is 0 Å². The van der Waals surface area contributed by atoms with Gasteiger partial charge in [0.25, 0.3) is 0 Å². The number of rotatable bonds is 4. The van der Waals surface area contributed by atoms with E-state index < -0.39 is 0 Å². The molecule has 0 radical (unpaired) electrons. The molecule has 0 amide bonds. The quantitative estimate of drug-likeness (QED) is 0.890. The Morgan fingerprint density at radius 3 is 3.21 bits per heavy atom. The van der Waals surface area contributed by atoms with Crippen molar-refractivity contribution in [1.82, 2.24) is 24.6 Å². The van der Waals surface area contributed by atoms with Gasteiger partial charge in [0.15, 0.2) is 0 Å². The van der Waals surface area contributed by atoms with Crippen molar-refractivity contribution in [3.63, 3.8) is 0 Å². The molecule has 6 nitrogen and oxygen atoms in total. The monoisotopic (exact) mass is 258 g/mol. The van der Waals surface area contributed by atoms with E-state index in [0.717, 1.165) is 49.9 Å². The summed E-state index contributed by atoms with van der Waals surface area (Å²) in [5.74, 6) is 1.04. The van der Waals surface area contributed by atoms with Gasteiger partial charge in [-0.05, 0) is 19.1 Å². The van der Waals surface area contributed by atoms with E-state index in [1.165, 1.54) is 0 Å². The molecule has 0 fully saturated rings. The summed E-state index contributed by atoms with van der Waals surface area (Å²) in [7, 11) is 0. The maximum atomic E-state index is 4.43. The first kappa shape index (κ1) is 12.1. The lowest BCUT2D eigenvalue weighted by Gasteiger charge is -2.26. The molecule has 0 aliphatic carbocycles. The molecule has 0 unspecified atom stereocenters. The third-order valence-corrected chi connectivity index (χ3v) is 3.30. The molecule has 2 aromatic heterocycles. The van der Waals surface area contributed by atoms with Gasteiger partial charge in [-0.15, -0.1) is 10.2 Å². The molecule has 0 saturated carbocycles. The van der Waals surface area contributed by atoms with Gasteiger partial charge in [0.2, 0.25) is 0 Å². The molecule has 19 heavy (non-hydrogen) atoms. The van der Waals surface area contributed by atoms with Gasteiger partial charge in [-0.2, -0.15) is 0 Å². The van der Waals surface area contributed by atoms with E-state index in [2.05, 4.69) is 43.0 Å². The maximum Gasteiger partial charge on any atom is 0.147 e. The first-order chi connectivity index (χ1) is 9.35. The fraction of sp³-hybridized carbons (Fsp3) is 0.462. The minimum atomic E-state index is 0.840. The summed E-state index contributed by atoms with van der Waals surface area (Å²) in [6.07, 6.45) is 3.66. The number of nitrogens with zero attached hydrogens (tertiary/aromatic N) is 5. The Labute approximate surface area is 112 Å². The number of anilines is 1. The number of pyridine rings is 1. The van der Waals surface area contributed by atoms with Gasteiger partial charge >= 0.3 is 0 Å². The largest absolute Gasteiger partial charge is 0.385 e. The van der Waals surface area contributed by atoms with E-state index in [0.29, 0.717) is 0 Å². The lowest BCUT2D eigenvalue weighted by atomic mass is 10.2. The highest BCUT2D eigenvalue weighted by atomic mass is 15.3. The predicted molar refractivity (Wildman–Crippen MR) is 72.5 cm³/mol. The molecular formula is C13H18N6. The summed E-state index contributed by atoms with van der Waals surface area (Å²) in [5, 5.41) is 11.4. The van der Waals surface area contributed by atoms with Crippen molar-refractivity contribution in [3.8, 4) is 0 Å². The third kappa shape index (κ3) is 2.73. The zero-order valence-corrected chi connectivity index (χ0v) is 11.1. The van der Waals surface area contributed by atoms with Crippen LogP contribution in [-0.4, -0.2) is 37.7 Å². The Morgan fingerprint density at radius 1 is 1.37 bits per heavy atom. The lowest BCUT2D eigenvalue weighted by Crippen LogP contribution is -2.33. The average Bonchev–Trinajstić information content (AvgIpc) is 2.87. The number of hydrogen-bond acceptors (Lipinski definition) is 5. The van der Waals surface area contributed by atoms with Crippen molar-refractivity contribution >= 4 is 5.69 Å². The second kappa shape index (κ2) is 5.36. The molecule has 0 saturated heterocycles. The fourth-order valence-corrected chi connectivity index (χ4v) is 2.36. The highest BCUT2D eigenvalue weighted by Crippen LogP contribution is 2.14. The Kier molecular flexibility index (Phi) is 3.41. The van der Waals surface area contributed by atoms with Gasteiger partial charge < -0.3 is 9.88 Å². The van der Waals surface area contributed by atoms with Crippen molar-refractivity contribution in [1.29, 1.82) is 0 Å². The van der Waals surface area contributed by atoms with Crippen LogP contribution in [0.5, 0.6) is 0 Å². The summed E-state index contributed by atoms with van der Waals surface area (Å²) in [6.45, 7) is 6.68. The predicted octanol–water partition coefficient (Wildman–Crippen LogP) is 1.12. The second-order valence-corrected chi connectivity index (χ2v) is 4.72. The summed E-state index contributed by atoms with van der Waals surface area (Å²) in [4.78, 5) is 6.78. The Balaban J connectivity index is 1.67. The van der Waals surface area contributed by atoms with Gasteiger partial charge in [-0.1, -0.05) is 0 Å². The van der Waals surface area contributed by atoms with Gasteiger partial charge in [0.05, 0.1) is 12.2 Å². The van der Waals surface area contributed by atoms with Crippen LogP contribution in [0.2, 0.25) is 0 Å². The highest BCUT2D eigenvalue weighted by molar-refractivity contribution is 5.42. The van der Waals surface area contributed by atoms with Crippen LogP contribution in [0.25, 0.3) is 0 Å². The van der Waals surface area contributed by atoms with Crippen LogP contribution in [0, 0.1) is 0 Å². The molecule has 3 heterocycles. The zero-order valence-electron chi connectivity index (χ0n) is 11.1. The van der Waals surface area contributed by atoms with E-state index in [1.54, 1.807) is 6.33 Å². The SMILES string of the molecule is CCNc1ccnc(CN2CCn3cnnc3C2)c1. The summed E-state index contributed by atoms with van der Waals surface area (Å²) in [6, 6.07) is 4.11. The molecule has 1 N–H and O–H groups in total. The Bertz CT molecular complexity index is 550. The van der Waals surface area contributed by atoms with Crippen LogP contribution in [0.4, 0.5) is 5.69 Å². The van der Waals surface area contributed by atoms with E-state index >= 15 is 0 Å². The van der Waals surface area contributed by atoms with E-state index in [-0.39, 0.29) is 0 Å². The zero-order chi connectivity index (χ0) is 13.1. The number of aromatic nitrogens is 4. The van der Waals surface area contributed by atoms with Crippen LogP contribution in [0.1, 0.15) is 18.4 Å². The highest BCUT2D eigenvalue weighted by Gasteiger charge is 2.17. The van der Waals surface area contributed by atoms with Crippen molar-refractivity contribution in [2.75, 3.05) is 18.4 Å². The van der Waals surface area contributed by atoms with Gasteiger partial charge in [0.1, 0.15) is 12.2 Å². The molecule has 1 aliphatic heterocycles. The average molecular weight is 258 g/mol. The van der Waals surface area contributed by atoms with E-state index in [4.69, 9.17) is 0 Å². The Hall–Kier alpha value is -1.95. The third-order valence-electron chi connectivity index (χ3n) is 3.30. The van der Waals surface area contributed by atoms with Crippen LogP contribution in [0.15, 0.2) is 24.7 Å². The van der Waals surface area contributed by atoms with E-state index in [1.807, 2.05) is 12.3 Å². The van der Waals surface area contributed by atoms with E-state index in [9.17, 15) is 0 Å². The molecular weight excluding hydrogens is 240 g/mol. The smallest absolute Gasteiger partial charge is 0.147 e. The first-order valence-corrected chi connectivity index (χ1v) is 6.63. The van der Waals surface area contributed by atoms with Crippen LogP contribution >= 0.6 is 0 Å². The van der Waals surface area contributed by atoms with Crippen LogP contribution < -0.4 is 5.32 Å². The molecule has 1 aliphatic rings. The van der Waals surface area contributed by atoms with Crippen molar-refractivity contribution < 1.29 is 0 Å². The molecule has 0 atom stereocenters. The maximum absolute atomic E-state index is 4.43. The first-order valence-electron chi connectivity index (χ1n) is 6.63. The standard InChI is InChI=1S/C13H18N6/c1-2-14-11-3-4-15-12(7-11)8-18-5-6-19-10-16-17-13(19)9-18/h3-4,7,10H,2,5-6,8-9H2,1H3,(H,14,15). The fourth-order valence-electron chi connectivity index (χ4n) is 2.36. The van der Waals surface area contributed by atoms with Gasteiger partial charge in [-0.25, -0.2) is 0 Å². The molecule has 6 heteroatoms. The number of nitrogens with one attached hydrogen (secondary N) is 1. The number of hydrogen-bond donors (Lipinski definition) is 1. The summed E-state index contributed by atoms with van der Waals surface area (Å²) < 4.78 is 2.11. The minimum absolute atomic E-state index is 0.840. The van der Waals surface area contributed by atoms with Crippen LogP contribution in [-0.2, 0) is 19.6 Å². The molecule has 3 rings (SSSR count). The topological polar surface area (TPSA) is 58.9 Å². The molecule has 100 valence electrons. The molecule has 0 aromatic carbocycles. The van der Waals surface area contributed by atoms with Crippen molar-refractivity contribution in [2.24, 2.45) is 0 Å². The molecule has 0 spiro atoms.